The van der Waals surface area contributed by atoms with Crippen molar-refractivity contribution in [1.29, 1.82) is 0 Å². The molecule has 0 bridgehead atoms. The highest BCUT2D eigenvalue weighted by atomic mass is 16.1. The molecule has 2 saturated heterocycles. The zero-order valence-corrected chi connectivity index (χ0v) is 16.5. The second kappa shape index (κ2) is 6.24. The lowest BCUT2D eigenvalue weighted by molar-refractivity contribution is -0.131. The lowest BCUT2D eigenvalue weighted by Gasteiger charge is -2.46. The summed E-state index contributed by atoms with van der Waals surface area (Å²) < 4.78 is 1.80. The molecule has 0 spiro atoms. The highest BCUT2D eigenvalue weighted by Gasteiger charge is 2.56. The normalized spacial score (nSPS) is 21.0. The Hall–Kier alpha value is -3.52. The van der Waals surface area contributed by atoms with E-state index in [1.54, 1.807) is 29.5 Å². The average Bonchev–Trinajstić information content (AvgIpc) is 3.26. The van der Waals surface area contributed by atoms with E-state index >= 15 is 0 Å². The zero-order valence-electron chi connectivity index (χ0n) is 16.5. The number of hydrogen-bond acceptors (Lipinski definition) is 7. The van der Waals surface area contributed by atoms with Gasteiger partial charge in [0.05, 0.1) is 35.0 Å². The summed E-state index contributed by atoms with van der Waals surface area (Å²) in [7, 11) is 0. The first-order valence-corrected chi connectivity index (χ1v) is 10.0. The number of rotatable bonds is 3. The molecule has 4 aromatic heterocycles. The Morgan fingerprint density at radius 1 is 1.03 bits per heavy atom. The van der Waals surface area contributed by atoms with Gasteiger partial charge in [-0.2, -0.15) is 5.10 Å². The van der Waals surface area contributed by atoms with E-state index in [-0.39, 0.29) is 5.78 Å². The van der Waals surface area contributed by atoms with Crippen LogP contribution >= 0.6 is 0 Å². The average molecular weight is 397 g/mol. The predicted molar refractivity (Wildman–Crippen MR) is 110 cm³/mol. The van der Waals surface area contributed by atoms with Gasteiger partial charge in [-0.15, -0.1) is 0 Å². The fourth-order valence-electron chi connectivity index (χ4n) is 4.59. The molecule has 1 unspecified atom stereocenters. The number of aryl methyl sites for hydroxylation is 1. The van der Waals surface area contributed by atoms with Gasteiger partial charge in [-0.3, -0.25) is 19.7 Å². The first-order valence-electron chi connectivity index (χ1n) is 10.0. The van der Waals surface area contributed by atoms with Crippen LogP contribution in [0, 0.1) is 6.92 Å². The molecule has 8 heteroatoms. The highest BCUT2D eigenvalue weighted by molar-refractivity contribution is 5.92. The predicted octanol–water partition coefficient (Wildman–Crippen LogP) is 2.45. The maximum atomic E-state index is 12.7. The first kappa shape index (κ1) is 17.3. The molecular weight excluding hydrogens is 378 g/mol. The molecule has 0 aliphatic carbocycles. The summed E-state index contributed by atoms with van der Waals surface area (Å²) in [5.74, 6) is 0.962. The number of carbonyl (C=O) groups excluding carboxylic acids is 1. The molecule has 2 fully saturated rings. The van der Waals surface area contributed by atoms with Crippen LogP contribution in [-0.2, 0) is 10.3 Å². The molecule has 6 rings (SSSR count). The molecule has 0 amide bonds. The Balaban J connectivity index is 1.46. The van der Waals surface area contributed by atoms with E-state index in [1.807, 2.05) is 31.2 Å². The fraction of sp³-hybridized carbons (Fsp3) is 0.273. The number of hydrogen-bond donors (Lipinski definition) is 0. The Labute approximate surface area is 172 Å². The minimum Gasteiger partial charge on any atom is -0.297 e. The number of fused-ring (bicyclic) bond motifs is 2. The number of pyridine rings is 2. The molecule has 0 radical (unpaired) electrons. The van der Waals surface area contributed by atoms with E-state index in [9.17, 15) is 4.79 Å². The van der Waals surface area contributed by atoms with Crippen molar-refractivity contribution in [2.24, 2.45) is 0 Å². The molecule has 0 saturated carbocycles. The topological polar surface area (TPSA) is 89.7 Å². The Bertz CT molecular complexity index is 1310. The van der Waals surface area contributed by atoms with Crippen molar-refractivity contribution < 1.29 is 4.79 Å². The van der Waals surface area contributed by atoms with Crippen molar-refractivity contribution in [3.63, 3.8) is 0 Å². The minimum absolute atomic E-state index is 0.272. The Morgan fingerprint density at radius 3 is 2.77 bits per heavy atom. The van der Waals surface area contributed by atoms with Crippen molar-refractivity contribution >= 4 is 16.7 Å². The molecule has 30 heavy (non-hydrogen) atoms. The van der Waals surface area contributed by atoms with Crippen LogP contribution in [0.2, 0.25) is 0 Å². The largest absolute Gasteiger partial charge is 0.297 e. The molecule has 1 atom stereocenters. The number of nitrogens with zero attached hydrogens (tertiary/aromatic N) is 7. The molecule has 0 N–H and O–H groups in total. The van der Waals surface area contributed by atoms with Gasteiger partial charge >= 0.3 is 0 Å². The molecule has 4 aromatic rings. The molecule has 2 aliphatic rings. The number of ketones is 1. The summed E-state index contributed by atoms with van der Waals surface area (Å²) in [6.07, 6.45) is 8.42. The Kier molecular flexibility index (Phi) is 3.61. The van der Waals surface area contributed by atoms with Crippen LogP contribution in [0.3, 0.4) is 0 Å². The summed E-state index contributed by atoms with van der Waals surface area (Å²) in [6, 6.07) is 7.78. The van der Waals surface area contributed by atoms with Gasteiger partial charge in [-0.1, -0.05) is 6.07 Å². The highest BCUT2D eigenvalue weighted by Crippen LogP contribution is 2.45. The van der Waals surface area contributed by atoms with Gasteiger partial charge in [-0.25, -0.2) is 14.6 Å². The third-order valence-electron chi connectivity index (χ3n) is 6.20. The van der Waals surface area contributed by atoms with Crippen molar-refractivity contribution in [2.75, 3.05) is 13.1 Å². The quantitative estimate of drug-likeness (QED) is 0.524. The summed E-state index contributed by atoms with van der Waals surface area (Å²) in [5.41, 5.74) is 3.44. The van der Waals surface area contributed by atoms with Gasteiger partial charge in [0.15, 0.2) is 11.6 Å². The van der Waals surface area contributed by atoms with Gasteiger partial charge in [0.1, 0.15) is 11.2 Å². The van der Waals surface area contributed by atoms with Crippen LogP contribution in [0.15, 0.2) is 49.1 Å². The van der Waals surface area contributed by atoms with E-state index < -0.39 is 5.54 Å². The van der Waals surface area contributed by atoms with Gasteiger partial charge in [0.25, 0.3) is 0 Å². The molecule has 8 nitrogen and oxygen atoms in total. The Morgan fingerprint density at radius 2 is 1.97 bits per heavy atom. The van der Waals surface area contributed by atoms with E-state index in [2.05, 4.69) is 25.0 Å². The third kappa shape index (κ3) is 2.37. The van der Waals surface area contributed by atoms with Gasteiger partial charge in [0.2, 0.25) is 0 Å². The monoisotopic (exact) mass is 397 g/mol. The maximum Gasteiger partial charge on any atom is 0.160 e. The van der Waals surface area contributed by atoms with Crippen LogP contribution in [0.5, 0.6) is 0 Å². The first-order chi connectivity index (χ1) is 14.6. The lowest BCUT2D eigenvalue weighted by Crippen LogP contribution is -2.56. The molecule has 148 valence electrons. The van der Waals surface area contributed by atoms with Gasteiger partial charge in [-0.05, 0) is 31.5 Å². The van der Waals surface area contributed by atoms with Gasteiger partial charge in [0, 0.05) is 37.3 Å². The standard InChI is InChI=1S/C22H19N7O/c1-14-10-23-13-17(26-14)16-9-18-15(11-24-16)12-25-29(18)21-4-2-3-19(27-21)22-6-8-28(22)7-5-20(22)30/h2-4,9-13H,5-8H2,1H3. The lowest BCUT2D eigenvalue weighted by atomic mass is 9.80. The van der Waals surface area contributed by atoms with Crippen LogP contribution in [-0.4, -0.2) is 53.5 Å². The molecular formula is C22H19N7O. The number of carbonyl (C=O) groups is 1. The fourth-order valence-corrected chi connectivity index (χ4v) is 4.59. The third-order valence-corrected chi connectivity index (χ3v) is 6.20. The minimum atomic E-state index is -0.539. The summed E-state index contributed by atoms with van der Waals surface area (Å²) in [5, 5.41) is 5.45. The molecule has 0 aromatic carbocycles. The van der Waals surface area contributed by atoms with Crippen molar-refractivity contribution in [3.8, 4) is 17.2 Å². The zero-order chi connectivity index (χ0) is 20.3. The summed E-state index contributed by atoms with van der Waals surface area (Å²) in [4.78, 5) is 33.0. The summed E-state index contributed by atoms with van der Waals surface area (Å²) in [6.45, 7) is 3.68. The maximum absolute atomic E-state index is 12.7. The van der Waals surface area contributed by atoms with E-state index in [0.29, 0.717) is 17.9 Å². The molecule has 2 aliphatic heterocycles. The van der Waals surface area contributed by atoms with Crippen LogP contribution in [0.25, 0.3) is 28.1 Å². The number of aromatic nitrogens is 6. The van der Waals surface area contributed by atoms with E-state index in [0.717, 1.165) is 47.5 Å². The van der Waals surface area contributed by atoms with Crippen LogP contribution in [0.4, 0.5) is 0 Å². The van der Waals surface area contributed by atoms with Crippen LogP contribution < -0.4 is 0 Å². The number of Topliss-reactive ketones (excluding diaryl/α,β-unsaturated/α-hetero) is 1. The van der Waals surface area contributed by atoms with Crippen molar-refractivity contribution in [3.05, 3.63) is 60.4 Å². The van der Waals surface area contributed by atoms with Gasteiger partial charge < -0.3 is 0 Å². The smallest absolute Gasteiger partial charge is 0.160 e. The van der Waals surface area contributed by atoms with Crippen molar-refractivity contribution in [1.82, 2.24) is 34.6 Å². The second-order valence-electron chi connectivity index (χ2n) is 7.88. The van der Waals surface area contributed by atoms with E-state index in [1.165, 1.54) is 0 Å². The molecule has 6 heterocycles. The van der Waals surface area contributed by atoms with E-state index in [4.69, 9.17) is 4.98 Å². The van der Waals surface area contributed by atoms with Crippen LogP contribution in [0.1, 0.15) is 24.2 Å². The SMILES string of the molecule is Cc1cncc(-c2cc3c(cn2)cnn3-c2cccc(C34CCN3CCC4=O)n2)n1. The second-order valence-corrected chi connectivity index (χ2v) is 7.88. The summed E-state index contributed by atoms with van der Waals surface area (Å²) >= 11 is 0. The van der Waals surface area contributed by atoms with Crippen molar-refractivity contribution in [2.45, 2.75) is 25.3 Å².